The highest BCUT2D eigenvalue weighted by molar-refractivity contribution is 6.30. The topological polar surface area (TPSA) is 73.6 Å². The van der Waals surface area contributed by atoms with Crippen LogP contribution in [0.5, 0.6) is 0 Å². The Morgan fingerprint density at radius 1 is 1.03 bits per heavy atom. The Morgan fingerprint density at radius 2 is 1.82 bits per heavy atom. The van der Waals surface area contributed by atoms with Gasteiger partial charge in [0.05, 0.1) is 16.7 Å². The van der Waals surface area contributed by atoms with Crippen LogP contribution in [-0.2, 0) is 5.54 Å². The maximum Gasteiger partial charge on any atom is 0.227 e. The van der Waals surface area contributed by atoms with Crippen molar-refractivity contribution in [1.29, 1.82) is 0 Å². The summed E-state index contributed by atoms with van der Waals surface area (Å²) >= 11 is 6.38. The lowest BCUT2D eigenvalue weighted by Crippen LogP contribution is -2.48. The van der Waals surface area contributed by atoms with Gasteiger partial charge in [0.15, 0.2) is 0 Å². The molecule has 0 atom stereocenters. The van der Waals surface area contributed by atoms with Crippen LogP contribution in [-0.4, -0.2) is 78.3 Å². The van der Waals surface area contributed by atoms with Crippen molar-refractivity contribution in [1.82, 2.24) is 24.9 Å². The molecule has 204 valence electrons. The van der Waals surface area contributed by atoms with Crippen molar-refractivity contribution in [3.8, 4) is 11.1 Å². The molecule has 0 bridgehead atoms. The smallest absolute Gasteiger partial charge is 0.227 e. The van der Waals surface area contributed by atoms with Gasteiger partial charge in [-0.15, -0.1) is 0 Å². The van der Waals surface area contributed by atoms with Crippen LogP contribution >= 0.6 is 11.6 Å². The molecular formula is C30H36ClN7O. The molecule has 39 heavy (non-hydrogen) atoms. The van der Waals surface area contributed by atoms with Crippen molar-refractivity contribution in [2.75, 3.05) is 63.6 Å². The Morgan fingerprint density at radius 3 is 2.49 bits per heavy atom. The van der Waals surface area contributed by atoms with Gasteiger partial charge in [-0.25, -0.2) is 4.98 Å². The molecule has 2 aromatic carbocycles. The largest absolute Gasteiger partial charge is 0.361 e. The van der Waals surface area contributed by atoms with Gasteiger partial charge in [-0.3, -0.25) is 4.90 Å². The predicted molar refractivity (Wildman–Crippen MR) is 158 cm³/mol. The number of rotatable bonds is 8. The molecule has 1 aliphatic heterocycles. The number of benzene rings is 2. The number of aromatic nitrogens is 3. The van der Waals surface area contributed by atoms with Crippen LogP contribution in [0.15, 0.2) is 47.0 Å². The Hall–Kier alpha value is -3.20. The monoisotopic (exact) mass is 545 g/mol. The number of hydrogen-bond acceptors (Lipinski definition) is 8. The maximum atomic E-state index is 6.38. The van der Waals surface area contributed by atoms with Crippen LogP contribution in [0.2, 0.25) is 5.02 Å². The quantitative estimate of drug-likeness (QED) is 0.318. The lowest BCUT2D eigenvalue weighted by molar-refractivity contribution is 0.229. The molecule has 0 amide bonds. The second-order valence-corrected chi connectivity index (χ2v) is 11.6. The number of piperazine rings is 1. The predicted octanol–water partition coefficient (Wildman–Crippen LogP) is 5.34. The molecule has 2 fully saturated rings. The van der Waals surface area contributed by atoms with Gasteiger partial charge >= 0.3 is 0 Å². The van der Waals surface area contributed by atoms with Crippen molar-refractivity contribution < 1.29 is 4.52 Å². The summed E-state index contributed by atoms with van der Waals surface area (Å²) in [5.41, 5.74) is 4.91. The highest BCUT2D eigenvalue weighted by atomic mass is 35.5. The molecule has 2 aromatic heterocycles. The minimum absolute atomic E-state index is 0.173. The molecule has 1 saturated heterocycles. The number of anilines is 2. The average molecular weight is 546 g/mol. The fourth-order valence-corrected chi connectivity index (χ4v) is 5.73. The molecule has 6 rings (SSSR count). The van der Waals surface area contributed by atoms with Gasteiger partial charge < -0.3 is 19.6 Å². The minimum Gasteiger partial charge on any atom is -0.361 e. The molecule has 4 aromatic rings. The first-order valence-corrected chi connectivity index (χ1v) is 14.1. The van der Waals surface area contributed by atoms with Crippen molar-refractivity contribution in [3.05, 3.63) is 64.5 Å². The lowest BCUT2D eigenvalue weighted by Gasteiger charge is -2.35. The number of likely N-dealkylation sites (N-methyl/N-ethyl adjacent to an activating group) is 1. The highest BCUT2D eigenvalue weighted by Gasteiger charge is 2.45. The minimum atomic E-state index is -0.173. The molecule has 8 nitrogen and oxygen atoms in total. The first-order chi connectivity index (χ1) is 18.8. The number of aryl methyl sites for hydroxylation is 2. The van der Waals surface area contributed by atoms with Crippen LogP contribution in [0.4, 0.5) is 11.8 Å². The zero-order valence-corrected chi connectivity index (χ0v) is 23.9. The van der Waals surface area contributed by atoms with E-state index in [0.717, 1.165) is 102 Å². The van der Waals surface area contributed by atoms with Crippen molar-refractivity contribution >= 4 is 34.3 Å². The third-order valence-electron chi connectivity index (χ3n) is 8.01. The van der Waals surface area contributed by atoms with Gasteiger partial charge in [0.1, 0.15) is 11.6 Å². The number of hydrogen-bond donors (Lipinski definition) is 1. The molecular weight excluding hydrogens is 510 g/mol. The van der Waals surface area contributed by atoms with E-state index in [1.54, 1.807) is 0 Å². The van der Waals surface area contributed by atoms with Gasteiger partial charge in [0, 0.05) is 55.2 Å². The zero-order chi connectivity index (χ0) is 27.1. The summed E-state index contributed by atoms with van der Waals surface area (Å²) in [5, 5.41) is 9.76. The van der Waals surface area contributed by atoms with E-state index in [1.807, 2.05) is 26.0 Å². The van der Waals surface area contributed by atoms with E-state index in [0.29, 0.717) is 0 Å². The SMILES string of the molecule is Cc1noc(C)c1-c1ccc2nc(N3CCN(CCN(C)C)CC3)nc(NC3(c4cccc(Cl)c4)CC3)c2c1. The van der Waals surface area contributed by atoms with Gasteiger partial charge in [-0.1, -0.05) is 35.0 Å². The summed E-state index contributed by atoms with van der Waals surface area (Å²) in [7, 11) is 4.25. The highest BCUT2D eigenvalue weighted by Crippen LogP contribution is 2.49. The summed E-state index contributed by atoms with van der Waals surface area (Å²) in [6.45, 7) is 9.92. The summed E-state index contributed by atoms with van der Waals surface area (Å²) in [6.07, 6.45) is 2.06. The zero-order valence-electron chi connectivity index (χ0n) is 23.2. The Labute approximate surface area is 234 Å². The molecule has 9 heteroatoms. The molecule has 1 saturated carbocycles. The van der Waals surface area contributed by atoms with Crippen molar-refractivity contribution in [3.63, 3.8) is 0 Å². The molecule has 0 radical (unpaired) electrons. The number of fused-ring (bicyclic) bond motifs is 1. The van der Waals surface area contributed by atoms with E-state index in [9.17, 15) is 0 Å². The third-order valence-corrected chi connectivity index (χ3v) is 8.24. The first kappa shape index (κ1) is 26.0. The van der Waals surface area contributed by atoms with Crippen LogP contribution in [0.3, 0.4) is 0 Å². The van der Waals surface area contributed by atoms with Gasteiger partial charge in [-0.2, -0.15) is 4.98 Å². The summed E-state index contributed by atoms with van der Waals surface area (Å²) in [6, 6.07) is 14.5. The molecule has 0 unspecified atom stereocenters. The van der Waals surface area contributed by atoms with Crippen molar-refractivity contribution in [2.45, 2.75) is 32.2 Å². The lowest BCUT2D eigenvalue weighted by atomic mass is 10.0. The molecule has 1 aliphatic carbocycles. The van der Waals surface area contributed by atoms with Crippen LogP contribution in [0.1, 0.15) is 29.9 Å². The van der Waals surface area contributed by atoms with Crippen LogP contribution in [0, 0.1) is 13.8 Å². The standard InChI is InChI=1S/C30H36ClN7O/c1-20-27(21(2)39-35-20)22-8-9-26-25(18-22)28(34-30(10-11-30)23-6-5-7-24(31)19-23)33-29(32-26)38-16-14-37(15-17-38)13-12-36(3)4/h5-9,18-19H,10-17H2,1-4H3,(H,32,33,34). The van der Waals surface area contributed by atoms with E-state index in [1.165, 1.54) is 5.56 Å². The number of nitrogens with zero attached hydrogens (tertiary/aromatic N) is 6. The van der Waals surface area contributed by atoms with E-state index in [-0.39, 0.29) is 5.54 Å². The average Bonchev–Trinajstić information content (AvgIpc) is 3.64. The Kier molecular flexibility index (Phi) is 6.95. The van der Waals surface area contributed by atoms with E-state index in [4.69, 9.17) is 26.1 Å². The van der Waals surface area contributed by atoms with Gasteiger partial charge in [0.2, 0.25) is 5.95 Å². The third kappa shape index (κ3) is 5.33. The second kappa shape index (κ2) is 10.4. The fourth-order valence-electron chi connectivity index (χ4n) is 5.54. The van der Waals surface area contributed by atoms with E-state index < -0.39 is 0 Å². The maximum absolute atomic E-state index is 6.38. The van der Waals surface area contributed by atoms with Gasteiger partial charge in [0.25, 0.3) is 0 Å². The van der Waals surface area contributed by atoms with Crippen LogP contribution in [0.25, 0.3) is 22.0 Å². The molecule has 0 spiro atoms. The summed E-state index contributed by atoms with van der Waals surface area (Å²) < 4.78 is 5.47. The van der Waals surface area contributed by atoms with Crippen molar-refractivity contribution in [2.24, 2.45) is 0 Å². The summed E-state index contributed by atoms with van der Waals surface area (Å²) in [4.78, 5) is 17.3. The molecule has 2 aliphatic rings. The first-order valence-electron chi connectivity index (χ1n) is 13.7. The van der Waals surface area contributed by atoms with Gasteiger partial charge in [-0.05, 0) is 76.2 Å². The number of nitrogens with one attached hydrogen (secondary N) is 1. The Bertz CT molecular complexity index is 1470. The normalized spacial score (nSPS) is 17.2. The molecule has 3 heterocycles. The van der Waals surface area contributed by atoms with E-state index in [2.05, 4.69) is 69.6 Å². The van der Waals surface area contributed by atoms with Crippen LogP contribution < -0.4 is 10.2 Å². The van der Waals surface area contributed by atoms with E-state index >= 15 is 0 Å². The fraction of sp³-hybridized carbons (Fsp3) is 0.433. The number of halogens is 1. The molecule has 1 N–H and O–H groups in total. The Balaban J connectivity index is 1.37. The second-order valence-electron chi connectivity index (χ2n) is 11.2. The summed E-state index contributed by atoms with van der Waals surface area (Å²) in [5.74, 6) is 2.45.